The van der Waals surface area contributed by atoms with Crippen molar-refractivity contribution in [3.8, 4) is 17.2 Å². The van der Waals surface area contributed by atoms with Gasteiger partial charge in [-0.1, -0.05) is 37.3 Å². The fourth-order valence-corrected chi connectivity index (χ4v) is 2.61. The van der Waals surface area contributed by atoms with E-state index in [1.165, 1.54) is 5.56 Å². The van der Waals surface area contributed by atoms with Crippen LogP contribution in [-0.2, 0) is 6.42 Å². The minimum Gasteiger partial charge on any atom is -0.497 e. The van der Waals surface area contributed by atoms with Gasteiger partial charge in [-0.2, -0.15) is 0 Å². The van der Waals surface area contributed by atoms with Gasteiger partial charge >= 0.3 is 0 Å². The highest BCUT2D eigenvalue weighted by atomic mass is 16.5. The van der Waals surface area contributed by atoms with Crippen LogP contribution in [0.5, 0.6) is 17.2 Å². The molecule has 148 valence electrons. The molecule has 4 heteroatoms. The summed E-state index contributed by atoms with van der Waals surface area (Å²) in [7, 11) is 1.64. The topological polar surface area (TPSA) is 40.0 Å². The number of benzene rings is 3. The van der Waals surface area contributed by atoms with Gasteiger partial charge in [0.15, 0.2) is 0 Å². The van der Waals surface area contributed by atoms with Gasteiger partial charge in [0.05, 0.1) is 19.1 Å². The Bertz CT molecular complexity index is 976. The van der Waals surface area contributed by atoms with E-state index >= 15 is 0 Å². The van der Waals surface area contributed by atoms with Crippen LogP contribution in [0.1, 0.15) is 19.4 Å². The van der Waals surface area contributed by atoms with Crippen LogP contribution in [0.2, 0.25) is 0 Å². The van der Waals surface area contributed by atoms with Crippen molar-refractivity contribution in [2.75, 3.05) is 7.11 Å². The highest BCUT2D eigenvalue weighted by molar-refractivity contribution is 5.96. The summed E-state index contributed by atoms with van der Waals surface area (Å²) < 4.78 is 17.1. The zero-order chi connectivity index (χ0) is 20.5. The summed E-state index contributed by atoms with van der Waals surface area (Å²) in [6.07, 6.45) is 2.59. The fraction of sp³-hybridized carbons (Fsp3) is 0.160. The predicted octanol–water partition coefficient (Wildman–Crippen LogP) is 6.35. The van der Waals surface area contributed by atoms with Crippen LogP contribution in [0.3, 0.4) is 0 Å². The van der Waals surface area contributed by atoms with Crippen molar-refractivity contribution in [2.45, 2.75) is 20.3 Å². The molecule has 0 aliphatic heterocycles. The van der Waals surface area contributed by atoms with E-state index in [4.69, 9.17) is 14.2 Å². The van der Waals surface area contributed by atoms with Gasteiger partial charge in [-0.25, -0.2) is 4.99 Å². The largest absolute Gasteiger partial charge is 0.497 e. The lowest BCUT2D eigenvalue weighted by molar-refractivity contribution is 0.412. The van der Waals surface area contributed by atoms with Gasteiger partial charge in [0.25, 0.3) is 0 Å². The van der Waals surface area contributed by atoms with Gasteiger partial charge in [-0.05, 0) is 67.4 Å². The van der Waals surface area contributed by atoms with Gasteiger partial charge in [0.1, 0.15) is 17.2 Å². The third-order valence-corrected chi connectivity index (χ3v) is 4.28. The Morgan fingerprint density at radius 2 is 1.59 bits per heavy atom. The maximum atomic E-state index is 6.13. The molecule has 0 saturated carbocycles. The predicted molar refractivity (Wildman–Crippen MR) is 117 cm³/mol. The van der Waals surface area contributed by atoms with E-state index < -0.39 is 0 Å². The molecular formula is C25H25NO3. The monoisotopic (exact) mass is 387 g/mol. The van der Waals surface area contributed by atoms with Crippen LogP contribution in [0.25, 0.3) is 0 Å². The van der Waals surface area contributed by atoms with E-state index in [1.54, 1.807) is 13.4 Å². The van der Waals surface area contributed by atoms with Crippen molar-refractivity contribution < 1.29 is 14.2 Å². The number of hydrogen-bond donors (Lipinski definition) is 0. The standard InChI is InChI=1S/C25H25NO3/c1-4-20-9-8-12-24(17-20)29-25(26-21-10-6-5-7-11-21)19(2)18-28-23-15-13-22(27-3)14-16-23/h5-18H,4H2,1-3H3/b19-18+,26-25?. The molecule has 0 heterocycles. The van der Waals surface area contributed by atoms with E-state index in [-0.39, 0.29) is 0 Å². The van der Waals surface area contributed by atoms with Crippen LogP contribution in [0.4, 0.5) is 5.69 Å². The van der Waals surface area contributed by atoms with E-state index in [2.05, 4.69) is 18.0 Å². The Labute approximate surface area is 172 Å². The summed E-state index contributed by atoms with van der Waals surface area (Å²) in [6, 6.07) is 25.1. The van der Waals surface area contributed by atoms with E-state index in [1.807, 2.05) is 79.7 Å². The maximum absolute atomic E-state index is 6.13. The first kappa shape index (κ1) is 20.2. The molecular weight excluding hydrogens is 362 g/mol. The highest BCUT2D eigenvalue weighted by Crippen LogP contribution is 2.21. The molecule has 0 amide bonds. The van der Waals surface area contributed by atoms with Crippen LogP contribution in [-0.4, -0.2) is 13.0 Å². The van der Waals surface area contributed by atoms with E-state index in [9.17, 15) is 0 Å². The minimum absolute atomic E-state index is 0.484. The van der Waals surface area contributed by atoms with Crippen LogP contribution in [0.15, 0.2) is 95.7 Å². The molecule has 3 aromatic rings. The van der Waals surface area contributed by atoms with Gasteiger partial charge in [0.2, 0.25) is 5.90 Å². The summed E-state index contributed by atoms with van der Waals surface area (Å²) in [6.45, 7) is 4.03. The quantitative estimate of drug-likeness (QED) is 0.269. The van der Waals surface area contributed by atoms with Crippen molar-refractivity contribution in [2.24, 2.45) is 4.99 Å². The Balaban J connectivity index is 1.85. The normalized spacial score (nSPS) is 11.8. The number of hydrogen-bond acceptors (Lipinski definition) is 4. The number of aliphatic imine (C=N–C) groups is 1. The molecule has 0 atom stereocenters. The van der Waals surface area contributed by atoms with Crippen LogP contribution in [0, 0.1) is 0 Å². The molecule has 0 bridgehead atoms. The minimum atomic E-state index is 0.484. The molecule has 0 spiro atoms. The third kappa shape index (κ3) is 5.98. The van der Waals surface area contributed by atoms with Gasteiger partial charge < -0.3 is 14.2 Å². The lowest BCUT2D eigenvalue weighted by Gasteiger charge is -2.11. The zero-order valence-electron chi connectivity index (χ0n) is 17.0. The molecule has 29 heavy (non-hydrogen) atoms. The zero-order valence-corrected chi connectivity index (χ0v) is 17.0. The molecule has 0 aliphatic carbocycles. The summed E-state index contributed by atoms with van der Waals surface area (Å²) in [4.78, 5) is 4.68. The van der Waals surface area contributed by atoms with E-state index in [0.717, 1.165) is 29.2 Å². The molecule has 0 aliphatic rings. The van der Waals surface area contributed by atoms with Crippen molar-refractivity contribution in [3.05, 3.63) is 96.3 Å². The van der Waals surface area contributed by atoms with Gasteiger partial charge in [-0.15, -0.1) is 0 Å². The molecule has 0 aromatic heterocycles. The van der Waals surface area contributed by atoms with Crippen molar-refractivity contribution in [3.63, 3.8) is 0 Å². The number of aryl methyl sites for hydroxylation is 1. The van der Waals surface area contributed by atoms with Crippen molar-refractivity contribution in [1.29, 1.82) is 0 Å². The number of para-hydroxylation sites is 1. The Morgan fingerprint density at radius 1 is 0.862 bits per heavy atom. The third-order valence-electron chi connectivity index (χ3n) is 4.28. The van der Waals surface area contributed by atoms with Gasteiger partial charge in [-0.3, -0.25) is 0 Å². The molecule has 4 nitrogen and oxygen atoms in total. The SMILES string of the molecule is CCc1cccc(OC(=Nc2ccccc2)/C(C)=C/Oc2ccc(OC)cc2)c1. The summed E-state index contributed by atoms with van der Waals surface area (Å²) in [5.41, 5.74) is 2.79. The number of ether oxygens (including phenoxy) is 3. The maximum Gasteiger partial charge on any atom is 0.225 e. The lowest BCUT2D eigenvalue weighted by Crippen LogP contribution is -2.11. The average molecular weight is 387 g/mol. The first-order chi connectivity index (χ1) is 14.2. The number of methoxy groups -OCH3 is 1. The highest BCUT2D eigenvalue weighted by Gasteiger charge is 2.08. The van der Waals surface area contributed by atoms with Crippen molar-refractivity contribution >= 4 is 11.6 Å². The fourth-order valence-electron chi connectivity index (χ4n) is 2.61. The molecule has 0 N–H and O–H groups in total. The first-order valence-electron chi connectivity index (χ1n) is 9.56. The molecule has 3 rings (SSSR count). The molecule has 0 fully saturated rings. The Morgan fingerprint density at radius 3 is 2.28 bits per heavy atom. The summed E-state index contributed by atoms with van der Waals surface area (Å²) in [5, 5.41) is 0. The molecule has 3 aromatic carbocycles. The Hall–Kier alpha value is -3.53. The van der Waals surface area contributed by atoms with E-state index in [0.29, 0.717) is 11.6 Å². The second-order valence-electron chi connectivity index (χ2n) is 6.45. The van der Waals surface area contributed by atoms with Crippen LogP contribution >= 0.6 is 0 Å². The summed E-state index contributed by atoms with van der Waals surface area (Å²) >= 11 is 0. The smallest absolute Gasteiger partial charge is 0.225 e. The first-order valence-corrected chi connectivity index (χ1v) is 9.56. The Kier molecular flexibility index (Phi) is 7.06. The molecule has 0 saturated heterocycles. The second kappa shape index (κ2) is 10.1. The molecule has 0 unspecified atom stereocenters. The average Bonchev–Trinajstić information content (AvgIpc) is 2.78. The second-order valence-corrected chi connectivity index (χ2v) is 6.45. The molecule has 0 radical (unpaired) electrons. The van der Waals surface area contributed by atoms with Gasteiger partial charge in [0, 0.05) is 5.57 Å². The lowest BCUT2D eigenvalue weighted by atomic mass is 10.2. The summed E-state index contributed by atoms with van der Waals surface area (Å²) in [5.74, 6) is 2.72. The number of nitrogens with zero attached hydrogens (tertiary/aromatic N) is 1. The van der Waals surface area contributed by atoms with Crippen molar-refractivity contribution in [1.82, 2.24) is 0 Å². The van der Waals surface area contributed by atoms with Crippen LogP contribution < -0.4 is 14.2 Å². The number of rotatable bonds is 7.